The largest absolute Gasteiger partial charge is 0.756 e. The average Bonchev–Trinajstić information content (AvgIpc) is 2.84. The number of allylic oxidation sites excluding steroid dienone is 1. The second kappa shape index (κ2) is 24.2. The number of rotatable bonds is 29. The van der Waals surface area contributed by atoms with Crippen molar-refractivity contribution >= 4 is 15.9 Å². The Morgan fingerprint density at radius 3 is 1.95 bits per heavy atom. The summed E-state index contributed by atoms with van der Waals surface area (Å²) in [5.41, 5.74) is 0. The van der Waals surface area contributed by atoms with E-state index in [1.165, 1.54) is 70.6 Å². The first-order valence-electron chi connectivity index (χ1n) is 15.7. The Bertz CT molecular complexity index is 653. The van der Waals surface area contributed by atoms with E-state index >= 15 is 0 Å². The Morgan fingerprint density at radius 2 is 1.40 bits per heavy atom. The lowest BCUT2D eigenvalue weighted by atomic mass is 10.0. The van der Waals surface area contributed by atoms with Gasteiger partial charge in [-0.1, -0.05) is 97.2 Å². The number of ether oxygens (including phenoxy) is 3. The first kappa shape index (κ1) is 39.7. The maximum atomic E-state index is 12.2. The topological polar surface area (TPSA) is 86.3 Å². The van der Waals surface area contributed by atoms with Crippen molar-refractivity contribution in [1.29, 1.82) is 0 Å². The lowest BCUT2D eigenvalue weighted by Crippen LogP contribution is -2.37. The van der Waals surface area contributed by atoms with Gasteiger partial charge in [0, 0.05) is 14.7 Å². The molecule has 0 N–H and O–H groups in total. The zero-order valence-electron chi connectivity index (χ0n) is 27.1. The van der Waals surface area contributed by atoms with Crippen molar-refractivity contribution in [1.82, 2.24) is 0 Å². The van der Waals surface area contributed by atoms with E-state index in [1.54, 1.807) is 6.26 Å². The highest BCUT2D eigenvalue weighted by atomic mass is 31.2. The van der Waals surface area contributed by atoms with Gasteiger partial charge in [0.2, 0.25) is 0 Å². The highest BCUT2D eigenvalue weighted by Crippen LogP contribution is 2.38. The van der Waals surface area contributed by atoms with E-state index in [0.29, 0.717) is 17.6 Å². The monoisotopic (exact) mass is 609 g/mol. The Kier molecular flexibility index (Phi) is 24.1. The highest BCUT2D eigenvalue weighted by molar-refractivity contribution is 7.45. The molecule has 40 heavy (non-hydrogen) atoms. The van der Waals surface area contributed by atoms with Crippen LogP contribution in [0.4, 0.5) is 0 Å². The van der Waals surface area contributed by atoms with E-state index in [1.807, 2.05) is 27.2 Å². The van der Waals surface area contributed by atoms with Crippen molar-refractivity contribution in [3.05, 3.63) is 12.3 Å². The van der Waals surface area contributed by atoms with Gasteiger partial charge in [-0.2, -0.15) is 0 Å². The molecule has 0 aromatic rings. The van der Waals surface area contributed by atoms with E-state index in [0.717, 1.165) is 18.9 Å². The molecular formula is C30H64NO7PSi. The van der Waals surface area contributed by atoms with Crippen LogP contribution < -0.4 is 4.89 Å². The standard InChI is InChI=1S/C30H64NO7PSi/c1-8-9-10-11-12-13-14-15-16-17-18-19-20-21-23-34-27-30(36-29-35-25-26-40(5,6)7)28-38-39(32,33)37-24-22-31(2,3)4/h21,23,30H,8-20,22,24-29H2,1-7H3/b23-21-/t30-/m0/s1. The number of hydrogen-bond donors (Lipinski definition) is 0. The summed E-state index contributed by atoms with van der Waals surface area (Å²) in [6.07, 6.45) is 20.1. The molecule has 240 valence electrons. The molecule has 0 saturated heterocycles. The maximum Gasteiger partial charge on any atom is 0.268 e. The molecule has 0 heterocycles. The van der Waals surface area contributed by atoms with E-state index in [4.69, 9.17) is 23.3 Å². The molecular weight excluding hydrogens is 545 g/mol. The van der Waals surface area contributed by atoms with E-state index in [9.17, 15) is 9.46 Å². The van der Waals surface area contributed by atoms with Gasteiger partial charge in [0.25, 0.3) is 7.82 Å². The predicted octanol–water partition coefficient (Wildman–Crippen LogP) is 7.51. The lowest BCUT2D eigenvalue weighted by Gasteiger charge is -2.28. The lowest BCUT2D eigenvalue weighted by molar-refractivity contribution is -0.870. The van der Waals surface area contributed by atoms with E-state index in [2.05, 4.69) is 26.6 Å². The summed E-state index contributed by atoms with van der Waals surface area (Å²) in [5.74, 6) is 0. The Labute approximate surface area is 248 Å². The van der Waals surface area contributed by atoms with Crippen molar-refractivity contribution in [3.63, 3.8) is 0 Å². The van der Waals surface area contributed by atoms with Crippen LogP contribution in [0.3, 0.4) is 0 Å². The predicted molar refractivity (Wildman–Crippen MR) is 167 cm³/mol. The summed E-state index contributed by atoms with van der Waals surface area (Å²) >= 11 is 0. The fraction of sp³-hybridized carbons (Fsp3) is 0.933. The molecule has 0 aromatic heterocycles. The molecule has 0 aliphatic rings. The van der Waals surface area contributed by atoms with Crippen LogP contribution in [0.1, 0.15) is 90.4 Å². The second-order valence-corrected chi connectivity index (χ2v) is 20.1. The molecule has 8 nitrogen and oxygen atoms in total. The molecule has 1 unspecified atom stereocenters. The number of hydrogen-bond acceptors (Lipinski definition) is 7. The minimum absolute atomic E-state index is 0.0635. The summed E-state index contributed by atoms with van der Waals surface area (Å²) in [5, 5.41) is 0. The van der Waals surface area contributed by atoms with Crippen molar-refractivity contribution < 1.29 is 37.2 Å². The van der Waals surface area contributed by atoms with E-state index in [-0.39, 0.29) is 26.6 Å². The molecule has 10 heteroatoms. The number of phosphoric ester groups is 1. The van der Waals surface area contributed by atoms with Gasteiger partial charge in [0.1, 0.15) is 32.7 Å². The summed E-state index contributed by atoms with van der Waals surface area (Å²) in [6.45, 7) is 10.4. The van der Waals surface area contributed by atoms with Crippen LogP contribution in [0.2, 0.25) is 25.7 Å². The van der Waals surface area contributed by atoms with Gasteiger partial charge in [0.15, 0.2) is 0 Å². The fourth-order valence-corrected chi connectivity index (χ4v) is 5.25. The molecule has 0 spiro atoms. The number of quaternary nitrogens is 1. The van der Waals surface area contributed by atoms with Crippen LogP contribution in [0.5, 0.6) is 0 Å². The van der Waals surface area contributed by atoms with Gasteiger partial charge in [-0.05, 0) is 25.0 Å². The molecule has 0 aliphatic carbocycles. The Balaban J connectivity index is 4.19. The minimum Gasteiger partial charge on any atom is -0.756 e. The molecule has 0 bridgehead atoms. The molecule has 0 amide bonds. The number of likely N-dealkylation sites (N-methyl/N-ethyl adjacent to an activating group) is 1. The van der Waals surface area contributed by atoms with Crippen LogP contribution in [0.15, 0.2) is 12.3 Å². The van der Waals surface area contributed by atoms with Gasteiger partial charge in [-0.15, -0.1) is 0 Å². The van der Waals surface area contributed by atoms with Crippen molar-refractivity contribution in [3.8, 4) is 0 Å². The molecule has 0 saturated carbocycles. The molecule has 0 aromatic carbocycles. The Morgan fingerprint density at radius 1 is 0.825 bits per heavy atom. The molecule has 0 fully saturated rings. The van der Waals surface area contributed by atoms with Crippen LogP contribution in [0.25, 0.3) is 0 Å². The average molecular weight is 610 g/mol. The smallest absolute Gasteiger partial charge is 0.268 e. The molecule has 2 atom stereocenters. The van der Waals surface area contributed by atoms with E-state index < -0.39 is 22.0 Å². The summed E-state index contributed by atoms with van der Waals surface area (Å²) in [6, 6.07) is 1.03. The Hall–Kier alpha value is -0.253. The quantitative estimate of drug-likeness (QED) is 0.0217. The van der Waals surface area contributed by atoms with Gasteiger partial charge in [-0.3, -0.25) is 4.57 Å². The third-order valence-corrected chi connectivity index (χ3v) is 9.18. The summed E-state index contributed by atoms with van der Waals surface area (Å²) in [7, 11) is 0.285. The van der Waals surface area contributed by atoms with Gasteiger partial charge in [0.05, 0.1) is 34.0 Å². The normalized spacial score (nSPS) is 15.0. The molecule has 0 rings (SSSR count). The van der Waals surface area contributed by atoms with Crippen molar-refractivity contribution in [2.75, 3.05) is 60.9 Å². The maximum absolute atomic E-state index is 12.2. The second-order valence-electron chi connectivity index (χ2n) is 13.1. The van der Waals surface area contributed by atoms with Gasteiger partial charge < -0.3 is 32.6 Å². The van der Waals surface area contributed by atoms with Crippen LogP contribution in [0, 0.1) is 0 Å². The van der Waals surface area contributed by atoms with Crippen LogP contribution >= 0.6 is 7.82 Å². The highest BCUT2D eigenvalue weighted by Gasteiger charge is 2.18. The SMILES string of the molecule is CCCCCCCCCCCCCC/C=C\OC[C@@H](COP(=O)([O-])OCC[N+](C)(C)C)OCOCC[Si](C)(C)C. The van der Waals surface area contributed by atoms with Crippen molar-refractivity contribution in [2.45, 2.75) is 122 Å². The van der Waals surface area contributed by atoms with Crippen LogP contribution in [-0.2, 0) is 27.8 Å². The van der Waals surface area contributed by atoms with Gasteiger partial charge in [-0.25, -0.2) is 0 Å². The summed E-state index contributed by atoms with van der Waals surface area (Å²) < 4.78 is 39.8. The number of unbranched alkanes of at least 4 members (excludes halogenated alkanes) is 12. The van der Waals surface area contributed by atoms with Crippen LogP contribution in [-0.4, -0.2) is 79.6 Å². The fourth-order valence-electron chi connectivity index (χ4n) is 3.77. The first-order valence-corrected chi connectivity index (χ1v) is 20.9. The third-order valence-electron chi connectivity index (χ3n) is 6.51. The number of phosphoric acid groups is 1. The van der Waals surface area contributed by atoms with Gasteiger partial charge >= 0.3 is 0 Å². The zero-order chi connectivity index (χ0) is 30.2. The first-order chi connectivity index (χ1) is 18.8. The number of nitrogens with zero attached hydrogens (tertiary/aromatic N) is 1. The molecule has 0 radical (unpaired) electrons. The third kappa shape index (κ3) is 30.7. The minimum atomic E-state index is -4.42. The van der Waals surface area contributed by atoms with Crippen molar-refractivity contribution in [2.24, 2.45) is 0 Å². The zero-order valence-corrected chi connectivity index (χ0v) is 29.0. The summed E-state index contributed by atoms with van der Waals surface area (Å²) in [4.78, 5) is 12.2. The molecule has 0 aliphatic heterocycles.